The zero-order chi connectivity index (χ0) is 15.4. The lowest BCUT2D eigenvalue weighted by molar-refractivity contribution is -0.122. The molecule has 1 N–H and O–H groups in total. The number of hydrogen-bond donors (Lipinski definition) is 1. The number of nitrogens with zero attached hydrogens (tertiary/aromatic N) is 1. The molecule has 1 aromatic carbocycles. The van der Waals surface area contributed by atoms with Crippen molar-refractivity contribution in [2.45, 2.75) is 13.0 Å². The van der Waals surface area contributed by atoms with E-state index in [0.717, 1.165) is 0 Å². The number of anilines is 1. The van der Waals surface area contributed by atoms with Gasteiger partial charge in [-0.25, -0.2) is 4.98 Å². The maximum atomic E-state index is 12.0. The first-order valence-corrected chi connectivity index (χ1v) is 7.12. The van der Waals surface area contributed by atoms with Gasteiger partial charge in [0.15, 0.2) is 6.10 Å². The highest BCUT2D eigenvalue weighted by Gasteiger charge is 2.15. The van der Waals surface area contributed by atoms with Gasteiger partial charge in [-0.3, -0.25) is 4.79 Å². The van der Waals surface area contributed by atoms with Crippen LogP contribution in [0.2, 0.25) is 15.2 Å². The molecule has 7 heteroatoms. The molecule has 1 atom stereocenters. The molecule has 0 bridgehead atoms. The van der Waals surface area contributed by atoms with Crippen LogP contribution in [-0.2, 0) is 4.79 Å². The van der Waals surface area contributed by atoms with Gasteiger partial charge in [0.2, 0.25) is 0 Å². The third kappa shape index (κ3) is 4.77. The minimum Gasteiger partial charge on any atom is -0.481 e. The lowest BCUT2D eigenvalue weighted by Crippen LogP contribution is -2.30. The maximum absolute atomic E-state index is 12.0. The Morgan fingerprint density at radius 2 is 1.86 bits per heavy atom. The number of halogens is 3. The molecule has 0 spiro atoms. The van der Waals surface area contributed by atoms with E-state index in [4.69, 9.17) is 39.5 Å². The van der Waals surface area contributed by atoms with Crippen molar-refractivity contribution < 1.29 is 9.53 Å². The number of nitrogens with one attached hydrogen (secondary N) is 1. The Morgan fingerprint density at radius 3 is 2.43 bits per heavy atom. The van der Waals surface area contributed by atoms with Crippen LogP contribution in [0.4, 0.5) is 5.69 Å². The number of benzene rings is 1. The first kappa shape index (κ1) is 15.9. The molecule has 0 fully saturated rings. The van der Waals surface area contributed by atoms with Gasteiger partial charge >= 0.3 is 0 Å². The summed E-state index contributed by atoms with van der Waals surface area (Å²) in [5, 5.41) is 3.89. The van der Waals surface area contributed by atoms with Gasteiger partial charge < -0.3 is 10.1 Å². The minimum atomic E-state index is -0.727. The fraction of sp³-hybridized carbons (Fsp3) is 0.143. The van der Waals surface area contributed by atoms with Crippen molar-refractivity contribution in [3.8, 4) is 5.75 Å². The average molecular weight is 346 g/mol. The zero-order valence-corrected chi connectivity index (χ0v) is 13.2. The van der Waals surface area contributed by atoms with Crippen molar-refractivity contribution in [1.29, 1.82) is 0 Å². The fourth-order valence-corrected chi connectivity index (χ4v) is 2.17. The third-order valence-electron chi connectivity index (χ3n) is 2.51. The Kier molecular flexibility index (Phi) is 5.28. The quantitative estimate of drug-likeness (QED) is 0.833. The predicted octanol–water partition coefficient (Wildman–Crippen LogP) is 4.45. The molecule has 21 heavy (non-hydrogen) atoms. The number of carbonyl (C=O) groups excluding carboxylic acids is 1. The lowest BCUT2D eigenvalue weighted by atomic mass is 10.3. The Hall–Kier alpha value is -1.49. The second-order valence-corrected chi connectivity index (χ2v) is 5.48. The summed E-state index contributed by atoms with van der Waals surface area (Å²) in [6.45, 7) is 1.62. The Balaban J connectivity index is 2.00. The molecule has 1 heterocycles. The predicted molar refractivity (Wildman–Crippen MR) is 84.4 cm³/mol. The van der Waals surface area contributed by atoms with Gasteiger partial charge in [-0.05, 0) is 37.3 Å². The number of aromatic nitrogens is 1. The van der Waals surface area contributed by atoms with Gasteiger partial charge in [-0.1, -0.05) is 34.8 Å². The second kappa shape index (κ2) is 6.98. The zero-order valence-electron chi connectivity index (χ0n) is 10.9. The van der Waals surface area contributed by atoms with Crippen LogP contribution >= 0.6 is 34.8 Å². The summed E-state index contributed by atoms with van der Waals surface area (Å²) in [4.78, 5) is 15.9. The number of amides is 1. The maximum Gasteiger partial charge on any atom is 0.265 e. The van der Waals surface area contributed by atoms with E-state index in [1.165, 1.54) is 6.20 Å². The van der Waals surface area contributed by atoms with Crippen LogP contribution in [0.1, 0.15) is 6.92 Å². The summed E-state index contributed by atoms with van der Waals surface area (Å²) in [5.74, 6) is 0.0969. The van der Waals surface area contributed by atoms with Crippen LogP contribution in [0, 0.1) is 0 Å². The summed E-state index contributed by atoms with van der Waals surface area (Å²) in [5.41, 5.74) is 0.531. The van der Waals surface area contributed by atoms with Crippen molar-refractivity contribution in [3.63, 3.8) is 0 Å². The summed E-state index contributed by atoms with van der Waals surface area (Å²) in [7, 11) is 0. The Labute approximate surface area is 137 Å². The second-order valence-electron chi connectivity index (χ2n) is 4.22. The highest BCUT2D eigenvalue weighted by molar-refractivity contribution is 6.34. The smallest absolute Gasteiger partial charge is 0.265 e. The normalized spacial score (nSPS) is 11.8. The molecule has 110 valence electrons. The Morgan fingerprint density at radius 1 is 1.19 bits per heavy atom. The first-order valence-electron chi connectivity index (χ1n) is 5.99. The van der Waals surface area contributed by atoms with Crippen LogP contribution in [0.5, 0.6) is 5.75 Å². The Bertz CT molecular complexity index is 627. The molecule has 1 amide bonds. The van der Waals surface area contributed by atoms with Gasteiger partial charge in [0.05, 0.1) is 11.9 Å². The fourth-order valence-electron chi connectivity index (χ4n) is 1.55. The van der Waals surface area contributed by atoms with Crippen LogP contribution in [0.25, 0.3) is 0 Å². The molecule has 0 radical (unpaired) electrons. The van der Waals surface area contributed by atoms with Gasteiger partial charge in [0.25, 0.3) is 5.91 Å². The summed E-state index contributed by atoms with van der Waals surface area (Å²) < 4.78 is 5.51. The van der Waals surface area contributed by atoms with E-state index in [1.807, 2.05) is 0 Å². The van der Waals surface area contributed by atoms with Crippen LogP contribution in [0.3, 0.4) is 0 Å². The molecule has 2 aromatic rings. The molecule has 0 saturated carbocycles. The standard InChI is InChI=1S/C14H11Cl3N2O2/c1-8(21-12-5-9(15)4-10(16)6-12)14(20)19-11-2-3-13(17)18-7-11/h2-8H,1H3,(H,19,20). The SMILES string of the molecule is CC(Oc1cc(Cl)cc(Cl)c1)C(=O)Nc1ccc(Cl)nc1. The topological polar surface area (TPSA) is 51.2 Å². The molecular weight excluding hydrogens is 335 g/mol. The van der Waals surface area contributed by atoms with Gasteiger partial charge in [-0.15, -0.1) is 0 Å². The van der Waals surface area contributed by atoms with Crippen molar-refractivity contribution >= 4 is 46.4 Å². The van der Waals surface area contributed by atoms with E-state index in [9.17, 15) is 4.79 Å². The van der Waals surface area contributed by atoms with E-state index < -0.39 is 6.10 Å². The molecule has 0 saturated heterocycles. The number of rotatable bonds is 4. The van der Waals surface area contributed by atoms with Crippen LogP contribution in [-0.4, -0.2) is 17.0 Å². The van der Waals surface area contributed by atoms with Crippen LogP contribution in [0.15, 0.2) is 36.5 Å². The summed E-state index contributed by atoms with van der Waals surface area (Å²) in [6.07, 6.45) is 0.735. The lowest BCUT2D eigenvalue weighted by Gasteiger charge is -2.15. The first-order chi connectivity index (χ1) is 9.94. The van der Waals surface area contributed by atoms with Crippen molar-refractivity contribution in [3.05, 3.63) is 51.7 Å². The molecular formula is C14H11Cl3N2O2. The molecule has 2 rings (SSSR count). The average Bonchev–Trinajstić information content (AvgIpc) is 2.40. The van der Waals surface area contributed by atoms with Crippen molar-refractivity contribution in [2.75, 3.05) is 5.32 Å². The molecule has 0 aliphatic carbocycles. The van der Waals surface area contributed by atoms with E-state index >= 15 is 0 Å². The largest absolute Gasteiger partial charge is 0.481 e. The van der Waals surface area contributed by atoms with E-state index in [1.54, 1.807) is 37.3 Å². The molecule has 0 aliphatic rings. The van der Waals surface area contributed by atoms with Crippen LogP contribution < -0.4 is 10.1 Å². The monoisotopic (exact) mass is 344 g/mol. The molecule has 1 unspecified atom stereocenters. The van der Waals surface area contributed by atoms with Gasteiger partial charge in [0, 0.05) is 10.0 Å². The van der Waals surface area contributed by atoms with Gasteiger partial charge in [0.1, 0.15) is 10.9 Å². The van der Waals surface area contributed by atoms with E-state index in [2.05, 4.69) is 10.3 Å². The van der Waals surface area contributed by atoms with Gasteiger partial charge in [-0.2, -0.15) is 0 Å². The number of ether oxygens (including phenoxy) is 1. The summed E-state index contributed by atoms with van der Waals surface area (Å²) >= 11 is 17.4. The number of carbonyl (C=O) groups is 1. The highest BCUT2D eigenvalue weighted by Crippen LogP contribution is 2.25. The van der Waals surface area contributed by atoms with E-state index in [-0.39, 0.29) is 5.91 Å². The van der Waals surface area contributed by atoms with E-state index in [0.29, 0.717) is 26.6 Å². The number of pyridine rings is 1. The molecule has 1 aromatic heterocycles. The third-order valence-corrected chi connectivity index (χ3v) is 3.17. The molecule has 0 aliphatic heterocycles. The minimum absolute atomic E-state index is 0.324. The van der Waals surface area contributed by atoms with Crippen molar-refractivity contribution in [2.24, 2.45) is 0 Å². The number of hydrogen-bond acceptors (Lipinski definition) is 3. The highest BCUT2D eigenvalue weighted by atomic mass is 35.5. The summed E-state index contributed by atoms with van der Waals surface area (Å²) in [6, 6.07) is 7.98. The molecule has 4 nitrogen and oxygen atoms in total. The van der Waals surface area contributed by atoms with Crippen molar-refractivity contribution in [1.82, 2.24) is 4.98 Å².